The zero-order chi connectivity index (χ0) is 20.9. The Hall–Kier alpha value is -2.58. The number of anilines is 1. The summed E-state index contributed by atoms with van der Waals surface area (Å²) in [5.74, 6) is -0.614. The van der Waals surface area contributed by atoms with Gasteiger partial charge in [-0.2, -0.15) is 13.2 Å². The SMILES string of the molecule is Nc1ccc(C(=O)N2CCN(CCOCc3ccccc3)CC2)c(C(F)(F)F)c1. The van der Waals surface area contributed by atoms with Crippen molar-refractivity contribution in [2.24, 2.45) is 0 Å². The summed E-state index contributed by atoms with van der Waals surface area (Å²) in [4.78, 5) is 16.2. The van der Waals surface area contributed by atoms with Gasteiger partial charge in [0, 0.05) is 38.4 Å². The lowest BCUT2D eigenvalue weighted by molar-refractivity contribution is -0.138. The Labute approximate surface area is 167 Å². The first-order chi connectivity index (χ1) is 13.8. The number of nitrogen functional groups attached to an aromatic ring is 1. The van der Waals surface area contributed by atoms with Gasteiger partial charge in [-0.1, -0.05) is 30.3 Å². The lowest BCUT2D eigenvalue weighted by atomic mass is 10.0. The third-order valence-corrected chi connectivity index (χ3v) is 4.90. The number of carbonyl (C=O) groups is 1. The summed E-state index contributed by atoms with van der Waals surface area (Å²) >= 11 is 0. The van der Waals surface area contributed by atoms with Crippen molar-refractivity contribution < 1.29 is 22.7 Å². The minimum atomic E-state index is -4.63. The normalized spacial score (nSPS) is 15.5. The van der Waals surface area contributed by atoms with Crippen LogP contribution in [0.3, 0.4) is 0 Å². The second-order valence-electron chi connectivity index (χ2n) is 6.97. The lowest BCUT2D eigenvalue weighted by Crippen LogP contribution is -2.49. The Morgan fingerprint density at radius 3 is 2.38 bits per heavy atom. The highest BCUT2D eigenvalue weighted by Gasteiger charge is 2.36. The zero-order valence-electron chi connectivity index (χ0n) is 16.0. The van der Waals surface area contributed by atoms with Gasteiger partial charge in [0.1, 0.15) is 0 Å². The molecule has 29 heavy (non-hydrogen) atoms. The molecule has 0 radical (unpaired) electrons. The summed E-state index contributed by atoms with van der Waals surface area (Å²) in [7, 11) is 0. The summed E-state index contributed by atoms with van der Waals surface area (Å²) in [6.07, 6.45) is -4.63. The molecule has 2 aromatic carbocycles. The summed E-state index contributed by atoms with van der Waals surface area (Å²) in [6.45, 7) is 3.74. The molecule has 2 N–H and O–H groups in total. The van der Waals surface area contributed by atoms with Crippen molar-refractivity contribution in [2.75, 3.05) is 45.1 Å². The van der Waals surface area contributed by atoms with Crippen molar-refractivity contribution >= 4 is 11.6 Å². The van der Waals surface area contributed by atoms with Gasteiger partial charge in [-0.25, -0.2) is 0 Å². The molecule has 0 aliphatic carbocycles. The van der Waals surface area contributed by atoms with Gasteiger partial charge in [0.15, 0.2) is 0 Å². The van der Waals surface area contributed by atoms with Gasteiger partial charge in [-0.3, -0.25) is 9.69 Å². The second kappa shape index (κ2) is 9.28. The Morgan fingerprint density at radius 2 is 1.72 bits per heavy atom. The Balaban J connectivity index is 1.49. The van der Waals surface area contributed by atoms with Crippen LogP contribution in [0.4, 0.5) is 18.9 Å². The molecule has 3 rings (SSSR count). The van der Waals surface area contributed by atoms with E-state index in [0.717, 1.165) is 17.7 Å². The van der Waals surface area contributed by atoms with Crippen molar-refractivity contribution in [1.29, 1.82) is 0 Å². The number of hydrogen-bond acceptors (Lipinski definition) is 4. The van der Waals surface area contributed by atoms with Gasteiger partial charge < -0.3 is 15.4 Å². The van der Waals surface area contributed by atoms with E-state index in [0.29, 0.717) is 45.9 Å². The standard InChI is InChI=1S/C21H24F3N3O2/c22-21(23,24)19-14-17(25)6-7-18(19)20(28)27-10-8-26(9-11-27)12-13-29-15-16-4-2-1-3-5-16/h1-7,14H,8-13,15,25H2. The van der Waals surface area contributed by atoms with Crippen LogP contribution in [-0.2, 0) is 17.5 Å². The van der Waals surface area contributed by atoms with Crippen LogP contribution in [0.15, 0.2) is 48.5 Å². The van der Waals surface area contributed by atoms with Crippen LogP contribution in [0.1, 0.15) is 21.5 Å². The van der Waals surface area contributed by atoms with Crippen LogP contribution in [0.2, 0.25) is 0 Å². The maximum absolute atomic E-state index is 13.3. The van der Waals surface area contributed by atoms with E-state index in [1.54, 1.807) is 0 Å². The third kappa shape index (κ3) is 5.71. The van der Waals surface area contributed by atoms with E-state index in [1.807, 2.05) is 30.3 Å². The molecule has 0 saturated carbocycles. The van der Waals surface area contributed by atoms with Crippen molar-refractivity contribution in [2.45, 2.75) is 12.8 Å². The molecule has 0 unspecified atom stereocenters. The fourth-order valence-corrected chi connectivity index (χ4v) is 3.29. The predicted octanol–water partition coefficient (Wildman–Crippen LogP) is 3.26. The Bertz CT molecular complexity index is 820. The maximum Gasteiger partial charge on any atom is 0.417 e. The number of carbonyl (C=O) groups excluding carboxylic acids is 1. The number of nitrogens with two attached hydrogens (primary N) is 1. The van der Waals surface area contributed by atoms with Crippen molar-refractivity contribution in [3.05, 3.63) is 65.2 Å². The van der Waals surface area contributed by atoms with Crippen molar-refractivity contribution in [1.82, 2.24) is 9.80 Å². The molecule has 1 saturated heterocycles. The van der Waals surface area contributed by atoms with E-state index >= 15 is 0 Å². The number of benzene rings is 2. The maximum atomic E-state index is 13.3. The number of nitrogens with zero attached hydrogens (tertiary/aromatic N) is 2. The monoisotopic (exact) mass is 407 g/mol. The van der Waals surface area contributed by atoms with Gasteiger partial charge >= 0.3 is 6.18 Å². The third-order valence-electron chi connectivity index (χ3n) is 4.90. The highest BCUT2D eigenvalue weighted by Crippen LogP contribution is 2.34. The first-order valence-corrected chi connectivity index (χ1v) is 9.44. The summed E-state index contributed by atoms with van der Waals surface area (Å²) in [5.41, 5.74) is 5.21. The second-order valence-corrected chi connectivity index (χ2v) is 6.97. The minimum Gasteiger partial charge on any atom is -0.399 e. The highest BCUT2D eigenvalue weighted by molar-refractivity contribution is 5.96. The molecule has 1 amide bonds. The number of ether oxygens (including phenoxy) is 1. The largest absolute Gasteiger partial charge is 0.417 e. The van der Waals surface area contributed by atoms with E-state index in [9.17, 15) is 18.0 Å². The molecule has 1 aliphatic rings. The molecule has 0 aromatic heterocycles. The average molecular weight is 407 g/mol. The van der Waals surface area contributed by atoms with Crippen LogP contribution in [0.5, 0.6) is 0 Å². The molecule has 1 heterocycles. The van der Waals surface area contributed by atoms with E-state index < -0.39 is 17.6 Å². The van der Waals surface area contributed by atoms with Crippen molar-refractivity contribution in [3.63, 3.8) is 0 Å². The topological polar surface area (TPSA) is 58.8 Å². The quantitative estimate of drug-likeness (QED) is 0.590. The minimum absolute atomic E-state index is 0.0193. The molecule has 1 fully saturated rings. The van der Waals surface area contributed by atoms with Crippen LogP contribution >= 0.6 is 0 Å². The molecule has 0 atom stereocenters. The zero-order valence-corrected chi connectivity index (χ0v) is 16.0. The van der Waals surface area contributed by atoms with E-state index in [1.165, 1.54) is 11.0 Å². The first-order valence-electron chi connectivity index (χ1n) is 9.44. The Morgan fingerprint density at radius 1 is 1.03 bits per heavy atom. The highest BCUT2D eigenvalue weighted by atomic mass is 19.4. The molecule has 0 bridgehead atoms. The smallest absolute Gasteiger partial charge is 0.399 e. The lowest BCUT2D eigenvalue weighted by Gasteiger charge is -2.35. The summed E-state index contributed by atoms with van der Waals surface area (Å²) in [6, 6.07) is 13.2. The molecule has 156 valence electrons. The van der Waals surface area contributed by atoms with E-state index in [4.69, 9.17) is 10.5 Å². The van der Waals surface area contributed by atoms with Crippen LogP contribution in [0, 0.1) is 0 Å². The van der Waals surface area contributed by atoms with Gasteiger partial charge in [-0.05, 0) is 23.8 Å². The van der Waals surface area contributed by atoms with Crippen LogP contribution in [-0.4, -0.2) is 55.0 Å². The van der Waals surface area contributed by atoms with E-state index in [2.05, 4.69) is 4.90 Å². The molecule has 5 nitrogen and oxygen atoms in total. The number of amides is 1. The fraction of sp³-hybridized carbons (Fsp3) is 0.381. The number of halogens is 3. The van der Waals surface area contributed by atoms with Gasteiger partial charge in [-0.15, -0.1) is 0 Å². The Kier molecular flexibility index (Phi) is 6.76. The number of alkyl halides is 3. The number of hydrogen-bond donors (Lipinski definition) is 1. The van der Waals surface area contributed by atoms with Crippen LogP contribution in [0.25, 0.3) is 0 Å². The van der Waals surface area contributed by atoms with Gasteiger partial charge in [0.05, 0.1) is 24.3 Å². The molecular weight excluding hydrogens is 383 g/mol. The average Bonchev–Trinajstić information content (AvgIpc) is 2.71. The summed E-state index contributed by atoms with van der Waals surface area (Å²) in [5, 5.41) is 0. The molecule has 2 aromatic rings. The van der Waals surface area contributed by atoms with Crippen LogP contribution < -0.4 is 5.73 Å². The fourth-order valence-electron chi connectivity index (χ4n) is 3.29. The van der Waals surface area contributed by atoms with Gasteiger partial charge in [0.25, 0.3) is 5.91 Å². The van der Waals surface area contributed by atoms with Gasteiger partial charge in [0.2, 0.25) is 0 Å². The van der Waals surface area contributed by atoms with E-state index in [-0.39, 0.29) is 11.3 Å². The number of piperazine rings is 1. The molecule has 0 spiro atoms. The predicted molar refractivity (Wildman–Crippen MR) is 104 cm³/mol. The van der Waals surface area contributed by atoms with Crippen molar-refractivity contribution in [3.8, 4) is 0 Å². The summed E-state index contributed by atoms with van der Waals surface area (Å²) < 4.78 is 45.5. The molecule has 1 aliphatic heterocycles. The molecule has 8 heteroatoms. The number of rotatable bonds is 6. The molecular formula is C21H24F3N3O2. The first kappa shape index (κ1) is 21.1.